The number of hydrogen-bond donors (Lipinski definition) is 1. The first-order chi connectivity index (χ1) is 12.7. The number of hydrogen-bond acceptors (Lipinski definition) is 6. The molecule has 26 heavy (non-hydrogen) atoms. The first kappa shape index (κ1) is 16.4. The van der Waals surface area contributed by atoms with E-state index in [-0.39, 0.29) is 5.82 Å². The van der Waals surface area contributed by atoms with Crippen molar-refractivity contribution in [2.75, 3.05) is 11.9 Å². The molecule has 5 nitrogen and oxygen atoms in total. The highest BCUT2D eigenvalue weighted by molar-refractivity contribution is 7.22. The highest BCUT2D eigenvalue weighted by Gasteiger charge is 2.07. The minimum absolute atomic E-state index is 0.275. The average molecular weight is 366 g/mol. The van der Waals surface area contributed by atoms with Gasteiger partial charge in [0.2, 0.25) is 0 Å². The molecule has 7 heteroatoms. The van der Waals surface area contributed by atoms with Gasteiger partial charge in [-0.1, -0.05) is 11.3 Å². The predicted octanol–water partition coefficient (Wildman–Crippen LogP) is 5.03. The molecule has 0 spiro atoms. The van der Waals surface area contributed by atoms with Crippen molar-refractivity contribution in [1.29, 1.82) is 0 Å². The van der Waals surface area contributed by atoms with Crippen LogP contribution in [0.2, 0.25) is 0 Å². The van der Waals surface area contributed by atoms with Crippen molar-refractivity contribution >= 4 is 32.5 Å². The Kier molecular flexibility index (Phi) is 4.45. The third kappa shape index (κ3) is 3.48. The lowest BCUT2D eigenvalue weighted by Crippen LogP contribution is -1.96. The van der Waals surface area contributed by atoms with E-state index < -0.39 is 0 Å². The number of benzene rings is 2. The van der Waals surface area contributed by atoms with Crippen LogP contribution in [0.3, 0.4) is 0 Å². The summed E-state index contributed by atoms with van der Waals surface area (Å²) in [5.41, 5.74) is 2.40. The highest BCUT2D eigenvalue weighted by atomic mass is 32.1. The normalized spacial score (nSPS) is 10.8. The van der Waals surface area contributed by atoms with Crippen molar-refractivity contribution in [3.05, 3.63) is 60.4 Å². The lowest BCUT2D eigenvalue weighted by molar-refractivity contribution is 0.341. The molecule has 4 rings (SSSR count). The summed E-state index contributed by atoms with van der Waals surface area (Å²) in [6, 6.07) is 15.6. The fraction of sp³-hybridized carbons (Fsp3) is 0.105. The number of aromatic nitrogens is 3. The molecule has 0 fully saturated rings. The van der Waals surface area contributed by atoms with Gasteiger partial charge < -0.3 is 10.1 Å². The van der Waals surface area contributed by atoms with Gasteiger partial charge >= 0.3 is 0 Å². The van der Waals surface area contributed by atoms with Crippen LogP contribution < -0.4 is 10.1 Å². The Morgan fingerprint density at radius 1 is 1.04 bits per heavy atom. The monoisotopic (exact) mass is 366 g/mol. The average Bonchev–Trinajstić information content (AvgIpc) is 3.05. The summed E-state index contributed by atoms with van der Waals surface area (Å²) < 4.78 is 19.6. The zero-order chi connectivity index (χ0) is 17.9. The number of rotatable bonds is 5. The molecule has 0 atom stereocenters. The largest absolute Gasteiger partial charge is 0.494 e. The van der Waals surface area contributed by atoms with Gasteiger partial charge in [-0.25, -0.2) is 9.37 Å². The summed E-state index contributed by atoms with van der Waals surface area (Å²) in [5, 5.41) is 12.3. The molecule has 0 radical (unpaired) electrons. The summed E-state index contributed by atoms with van der Waals surface area (Å²) >= 11 is 1.52. The molecule has 1 N–H and O–H groups in total. The number of halogens is 1. The molecule has 130 valence electrons. The molecule has 4 aromatic rings. The highest BCUT2D eigenvalue weighted by Crippen LogP contribution is 2.30. The Labute approximate surface area is 153 Å². The number of nitrogens with zero attached hydrogens (tertiary/aromatic N) is 3. The minimum atomic E-state index is -0.275. The van der Waals surface area contributed by atoms with Gasteiger partial charge in [0.15, 0.2) is 10.9 Å². The second-order valence-corrected chi connectivity index (χ2v) is 6.55. The molecule has 0 bridgehead atoms. The van der Waals surface area contributed by atoms with Crippen LogP contribution in [0.15, 0.2) is 54.6 Å². The van der Waals surface area contributed by atoms with E-state index in [1.807, 2.05) is 37.3 Å². The van der Waals surface area contributed by atoms with Crippen molar-refractivity contribution in [2.45, 2.75) is 6.92 Å². The van der Waals surface area contributed by atoms with E-state index in [0.29, 0.717) is 18.1 Å². The lowest BCUT2D eigenvalue weighted by Gasteiger charge is -2.03. The predicted molar refractivity (Wildman–Crippen MR) is 101 cm³/mol. The first-order valence-electron chi connectivity index (χ1n) is 8.11. The van der Waals surface area contributed by atoms with E-state index >= 15 is 0 Å². The molecule has 0 unspecified atom stereocenters. The van der Waals surface area contributed by atoms with Crippen LogP contribution in [0.4, 0.5) is 15.3 Å². The van der Waals surface area contributed by atoms with Crippen molar-refractivity contribution in [3.8, 4) is 17.0 Å². The van der Waals surface area contributed by atoms with E-state index in [9.17, 15) is 4.39 Å². The van der Waals surface area contributed by atoms with Crippen molar-refractivity contribution < 1.29 is 9.13 Å². The minimum Gasteiger partial charge on any atom is -0.494 e. The van der Waals surface area contributed by atoms with Gasteiger partial charge in [0.1, 0.15) is 11.6 Å². The van der Waals surface area contributed by atoms with Gasteiger partial charge in [0.25, 0.3) is 0 Å². The molecule has 2 aromatic carbocycles. The SMILES string of the molecule is CCOc1ccc2nc(Nc3ccc(-c4ccc(F)cc4)nn3)sc2c1. The van der Waals surface area contributed by atoms with Crippen LogP contribution in [-0.4, -0.2) is 21.8 Å². The van der Waals surface area contributed by atoms with Gasteiger partial charge in [-0.15, -0.1) is 10.2 Å². The second kappa shape index (κ2) is 7.05. The third-order valence-electron chi connectivity index (χ3n) is 3.71. The molecule has 2 heterocycles. The zero-order valence-corrected chi connectivity index (χ0v) is 14.8. The second-order valence-electron chi connectivity index (χ2n) is 5.52. The molecular weight excluding hydrogens is 351 g/mol. The summed E-state index contributed by atoms with van der Waals surface area (Å²) in [6.07, 6.45) is 0. The molecule has 0 saturated carbocycles. The standard InChI is InChI=1S/C19H15FN4OS/c1-2-25-14-7-8-16-17(11-14)26-19(21-16)22-18-10-9-15(23-24-18)12-3-5-13(20)6-4-12/h3-11H,2H2,1H3,(H,21,22,24). The maximum Gasteiger partial charge on any atom is 0.189 e. The van der Waals surface area contributed by atoms with Crippen molar-refractivity contribution in [1.82, 2.24) is 15.2 Å². The van der Waals surface area contributed by atoms with Gasteiger partial charge in [0.05, 0.1) is 22.5 Å². The Morgan fingerprint density at radius 3 is 2.62 bits per heavy atom. The van der Waals surface area contributed by atoms with Gasteiger partial charge in [0, 0.05) is 5.56 Å². The Balaban J connectivity index is 1.53. The molecule has 0 aliphatic rings. The van der Waals surface area contributed by atoms with Crippen LogP contribution in [-0.2, 0) is 0 Å². The van der Waals surface area contributed by atoms with Crippen LogP contribution in [0.5, 0.6) is 5.75 Å². The Hall–Kier alpha value is -3.06. The van der Waals surface area contributed by atoms with Gasteiger partial charge in [-0.2, -0.15) is 0 Å². The maximum absolute atomic E-state index is 13.0. The zero-order valence-electron chi connectivity index (χ0n) is 13.9. The number of nitrogens with one attached hydrogen (secondary N) is 1. The quantitative estimate of drug-likeness (QED) is 0.536. The maximum atomic E-state index is 13.0. The smallest absolute Gasteiger partial charge is 0.189 e. The van der Waals surface area contributed by atoms with E-state index in [1.165, 1.54) is 23.5 Å². The summed E-state index contributed by atoms with van der Waals surface area (Å²) in [4.78, 5) is 4.54. The molecular formula is C19H15FN4OS. The van der Waals surface area contributed by atoms with Crippen molar-refractivity contribution in [2.24, 2.45) is 0 Å². The lowest BCUT2D eigenvalue weighted by atomic mass is 10.1. The van der Waals surface area contributed by atoms with E-state index in [4.69, 9.17) is 4.74 Å². The van der Waals surface area contributed by atoms with Gasteiger partial charge in [-0.05, 0) is 61.5 Å². The van der Waals surface area contributed by atoms with E-state index in [1.54, 1.807) is 12.1 Å². The van der Waals surface area contributed by atoms with Crippen molar-refractivity contribution in [3.63, 3.8) is 0 Å². The molecule has 0 aliphatic carbocycles. The molecule has 0 saturated heterocycles. The molecule has 0 aliphatic heterocycles. The van der Waals surface area contributed by atoms with Crippen LogP contribution in [0.1, 0.15) is 6.92 Å². The number of thiazole rings is 1. The molecule has 0 amide bonds. The number of ether oxygens (including phenoxy) is 1. The van der Waals surface area contributed by atoms with E-state index in [0.717, 1.165) is 26.7 Å². The Bertz CT molecular complexity index is 1030. The first-order valence-corrected chi connectivity index (χ1v) is 8.93. The Morgan fingerprint density at radius 2 is 1.88 bits per heavy atom. The summed E-state index contributed by atoms with van der Waals surface area (Å²) in [7, 11) is 0. The summed E-state index contributed by atoms with van der Waals surface area (Å²) in [6.45, 7) is 2.59. The molecule has 2 aromatic heterocycles. The third-order valence-corrected chi connectivity index (χ3v) is 4.64. The number of fused-ring (bicyclic) bond motifs is 1. The van der Waals surface area contributed by atoms with Gasteiger partial charge in [-0.3, -0.25) is 0 Å². The van der Waals surface area contributed by atoms with E-state index in [2.05, 4.69) is 20.5 Å². The van der Waals surface area contributed by atoms with Crippen LogP contribution in [0, 0.1) is 5.82 Å². The van der Waals surface area contributed by atoms with Crippen LogP contribution in [0.25, 0.3) is 21.5 Å². The topological polar surface area (TPSA) is 59.9 Å². The van der Waals surface area contributed by atoms with Crippen LogP contribution >= 0.6 is 11.3 Å². The fourth-order valence-electron chi connectivity index (χ4n) is 2.50. The number of anilines is 2. The fourth-order valence-corrected chi connectivity index (χ4v) is 3.40. The summed E-state index contributed by atoms with van der Waals surface area (Å²) in [5.74, 6) is 1.15.